The maximum absolute atomic E-state index is 12.2. The zero-order chi connectivity index (χ0) is 26.3. The van der Waals surface area contributed by atoms with Crippen LogP contribution >= 0.6 is 15.4 Å². The third-order valence-corrected chi connectivity index (χ3v) is 7.38. The van der Waals surface area contributed by atoms with Crippen LogP contribution in [-0.2, 0) is 22.9 Å². The number of phosphoric acid groups is 1. The molecule has 0 amide bonds. The summed E-state index contributed by atoms with van der Waals surface area (Å²) in [5, 5.41) is 49.2. The summed E-state index contributed by atoms with van der Waals surface area (Å²) in [6, 6.07) is 1.20. The summed E-state index contributed by atoms with van der Waals surface area (Å²) in [5.74, 6) is -2.84. The van der Waals surface area contributed by atoms with Gasteiger partial charge in [-0.1, -0.05) is 6.08 Å². The van der Waals surface area contributed by atoms with Crippen LogP contribution in [-0.4, -0.2) is 84.2 Å². The molecule has 1 aliphatic heterocycles. The zero-order valence-corrected chi connectivity index (χ0v) is 28.3. The molecule has 22 heteroatoms. The predicted molar refractivity (Wildman–Crippen MR) is 106 cm³/mol. The van der Waals surface area contributed by atoms with Crippen LogP contribution in [0.4, 0.5) is 5.82 Å². The van der Waals surface area contributed by atoms with Gasteiger partial charge in [-0.2, -0.15) is 4.98 Å². The number of nitrogens with two attached hydrogens (primary N) is 1. The largest absolute Gasteiger partial charge is 1.00 e. The molecule has 198 valence electrons. The molecule has 2 aliphatic rings. The van der Waals surface area contributed by atoms with Crippen molar-refractivity contribution in [3.8, 4) is 0 Å². The number of phosphoric ester groups is 1. The van der Waals surface area contributed by atoms with Crippen LogP contribution in [0.25, 0.3) is 0 Å². The Labute approximate surface area is 281 Å². The number of rotatable bonds is 8. The van der Waals surface area contributed by atoms with Gasteiger partial charge >= 0.3 is 94.4 Å². The van der Waals surface area contributed by atoms with E-state index in [2.05, 4.69) is 14.0 Å². The number of aliphatic hydroxyl groups is 5. The third kappa shape index (κ3) is 9.74. The van der Waals surface area contributed by atoms with Gasteiger partial charge in [-0.25, -0.2) is 4.79 Å². The molecule has 1 unspecified atom stereocenters. The molecule has 3 rings (SSSR count). The van der Waals surface area contributed by atoms with Gasteiger partial charge in [0.25, 0.3) is 7.82 Å². The summed E-state index contributed by atoms with van der Waals surface area (Å²) in [6.45, 7) is -1.04. The number of hydrogen-bond acceptors (Lipinski definition) is 16. The molecule has 0 radical (unpaired) electrons. The molecule has 2 heterocycles. The van der Waals surface area contributed by atoms with E-state index in [1.165, 1.54) is 6.07 Å². The van der Waals surface area contributed by atoms with E-state index >= 15 is 0 Å². The maximum Gasteiger partial charge on any atom is 1.00 e. The number of hydrogen-bond donors (Lipinski definition) is 6. The fraction of sp³-hybridized carbons (Fsp3) is 0.625. The molecule has 0 saturated carbocycles. The van der Waals surface area contributed by atoms with Gasteiger partial charge in [0.05, 0.1) is 12.7 Å². The monoisotopic (exact) mass is 611 g/mol. The average molecular weight is 611 g/mol. The SMILES string of the molecule is Nc1ccn([C@@H]2O[C@H](COP(=O)([O-])O[C@@H](C3=C[C@@H](O)[C@@H](O)[C@H](O)C3)P(=O)([O-])[O-])[C@@H](O)[C@H]2O)c(=O)n1.[Na+].[Na+].[Na+]. The number of aromatic nitrogens is 2. The van der Waals surface area contributed by atoms with E-state index in [1.54, 1.807) is 0 Å². The maximum atomic E-state index is 12.2. The smallest absolute Gasteiger partial charge is 0.809 e. The van der Waals surface area contributed by atoms with Crippen LogP contribution in [0.15, 0.2) is 28.7 Å². The Balaban J connectivity index is 0.00000456. The van der Waals surface area contributed by atoms with Crippen molar-refractivity contribution < 1.29 is 152 Å². The van der Waals surface area contributed by atoms with Crippen LogP contribution in [0.1, 0.15) is 12.6 Å². The Kier molecular flexibility index (Phi) is 16.4. The van der Waals surface area contributed by atoms with Crippen molar-refractivity contribution in [2.45, 2.75) is 55.1 Å². The van der Waals surface area contributed by atoms with Crippen molar-refractivity contribution in [3.63, 3.8) is 0 Å². The first-order valence-electron chi connectivity index (χ1n) is 9.87. The van der Waals surface area contributed by atoms with Crippen molar-refractivity contribution in [3.05, 3.63) is 34.4 Å². The number of anilines is 1. The van der Waals surface area contributed by atoms with Gasteiger partial charge in [0.1, 0.15) is 42.2 Å². The van der Waals surface area contributed by atoms with Crippen LogP contribution in [0, 0.1) is 0 Å². The predicted octanol–water partition coefficient (Wildman–Crippen LogP) is -14.4. The van der Waals surface area contributed by atoms with Crippen LogP contribution in [0.3, 0.4) is 0 Å². The molecular formula is C16H22N3Na3O14P2. The second kappa shape index (κ2) is 15.8. The van der Waals surface area contributed by atoms with E-state index in [-0.39, 0.29) is 94.5 Å². The van der Waals surface area contributed by atoms with Gasteiger partial charge in [-0.15, -0.1) is 0 Å². The normalized spacial score (nSPS) is 31.6. The first kappa shape index (κ1) is 39.4. The Morgan fingerprint density at radius 1 is 1.11 bits per heavy atom. The van der Waals surface area contributed by atoms with Gasteiger partial charge in [0.2, 0.25) is 0 Å². The number of ether oxygens (including phenoxy) is 1. The van der Waals surface area contributed by atoms with Crippen molar-refractivity contribution in [1.82, 2.24) is 9.55 Å². The van der Waals surface area contributed by atoms with Crippen LogP contribution in [0.2, 0.25) is 0 Å². The second-order valence-corrected chi connectivity index (χ2v) is 10.7. The van der Waals surface area contributed by atoms with E-state index in [0.29, 0.717) is 6.08 Å². The Morgan fingerprint density at radius 3 is 2.24 bits per heavy atom. The average Bonchev–Trinajstić information content (AvgIpc) is 3.02. The van der Waals surface area contributed by atoms with E-state index in [9.17, 15) is 54.1 Å². The minimum absolute atomic E-state index is 0. The molecular weight excluding hydrogens is 589 g/mol. The Hall–Kier alpha value is 1.44. The molecule has 7 N–H and O–H groups in total. The number of aliphatic hydroxyl groups excluding tert-OH is 5. The van der Waals surface area contributed by atoms with Gasteiger partial charge in [0, 0.05) is 6.20 Å². The summed E-state index contributed by atoms with van der Waals surface area (Å²) >= 11 is 0. The molecule has 9 atom stereocenters. The first-order chi connectivity index (χ1) is 16.1. The van der Waals surface area contributed by atoms with Crippen molar-refractivity contribution in [1.29, 1.82) is 0 Å². The van der Waals surface area contributed by atoms with Gasteiger partial charge < -0.3 is 64.3 Å². The van der Waals surface area contributed by atoms with Crippen LogP contribution < -0.4 is 115 Å². The molecule has 0 spiro atoms. The standard InChI is InChI=1S/C16H25N3O14P2.3Na/c17-10-1-2-19(16(25)18-10)14-13(24)12(23)9(32-14)5-31-35(29,30)33-15(34(26,27)28)6-3-7(20)11(22)8(21)4-6;;;/h1-3,7-9,11-15,20-24H,4-5H2,(H,29,30)(H2,17,18,25)(H2,26,27,28);;;/q;3*+1/p-3/t7-,8-,9-,11-,12-,13-,14-,15-;;;/m1.../s1. The fourth-order valence-corrected chi connectivity index (χ4v) is 5.70. The Morgan fingerprint density at radius 2 is 1.71 bits per heavy atom. The molecule has 1 aliphatic carbocycles. The minimum Gasteiger partial charge on any atom is -0.809 e. The second-order valence-electron chi connectivity index (χ2n) is 7.82. The third-order valence-electron chi connectivity index (χ3n) is 5.27. The summed E-state index contributed by atoms with van der Waals surface area (Å²) in [5.41, 5.74) is 3.79. The molecule has 1 fully saturated rings. The molecule has 1 aromatic heterocycles. The number of nitrogen functional groups attached to an aromatic ring is 1. The summed E-state index contributed by atoms with van der Waals surface area (Å²) in [6.07, 6.45) is -10.8. The Bertz CT molecular complexity index is 1120. The minimum atomic E-state index is -5.87. The van der Waals surface area contributed by atoms with E-state index < -0.39 is 88.4 Å². The molecule has 1 saturated heterocycles. The van der Waals surface area contributed by atoms with Crippen LogP contribution in [0.5, 0.6) is 0 Å². The van der Waals surface area contributed by atoms with Gasteiger partial charge in [0.15, 0.2) is 6.23 Å². The first-order valence-corrected chi connectivity index (χ1v) is 12.9. The van der Waals surface area contributed by atoms with E-state index in [1.807, 2.05) is 0 Å². The van der Waals surface area contributed by atoms with Gasteiger partial charge in [-0.3, -0.25) is 9.13 Å². The zero-order valence-electron chi connectivity index (χ0n) is 20.5. The molecule has 0 bridgehead atoms. The van der Waals surface area contributed by atoms with Gasteiger partial charge in [-0.05, 0) is 25.7 Å². The summed E-state index contributed by atoms with van der Waals surface area (Å²) in [4.78, 5) is 50.9. The quantitative estimate of drug-likeness (QED) is 0.0903. The molecule has 38 heavy (non-hydrogen) atoms. The molecule has 1 aromatic rings. The number of nitrogens with zero attached hydrogens (tertiary/aromatic N) is 2. The molecule has 17 nitrogen and oxygen atoms in total. The van der Waals surface area contributed by atoms with Crippen molar-refractivity contribution in [2.75, 3.05) is 12.3 Å². The fourth-order valence-electron chi connectivity index (χ4n) is 3.52. The molecule has 0 aromatic carbocycles. The summed E-state index contributed by atoms with van der Waals surface area (Å²) in [7, 11) is -11.5. The summed E-state index contributed by atoms with van der Waals surface area (Å²) < 4.78 is 38.8. The van der Waals surface area contributed by atoms with Crippen molar-refractivity contribution >= 4 is 21.2 Å². The topological polar surface area (TPSA) is 293 Å². The van der Waals surface area contributed by atoms with E-state index in [0.717, 1.165) is 10.8 Å². The van der Waals surface area contributed by atoms with Crippen molar-refractivity contribution in [2.24, 2.45) is 0 Å². The van der Waals surface area contributed by atoms with E-state index in [4.69, 9.17) is 10.5 Å².